The van der Waals surface area contributed by atoms with Gasteiger partial charge in [-0.3, -0.25) is 0 Å². The van der Waals surface area contributed by atoms with Gasteiger partial charge in [-0.05, 0) is 202 Å². The second kappa shape index (κ2) is 26.4. The first kappa shape index (κ1) is 71.2. The standard InChI is InChI=1S/C102H101BN4O/c1-97(2,3)70-41-49-76(50-42-70)104(77-51-43-71(44-52-77)98(4,5)6)80-57-58-84-87(64-80)106(85-38-28-25-35-81(85)66-31-21-19-22-32-66)89-61-69(68-59-74(101(13,14)15)63-75(60-68)102(16,17)18)62-90-94(89)103(84)95-91(107(90)86-39-29-26-36-82(86)67-33-23-20-24-34-67)65-88(93-83-37-27-30-40-92(83)108-96(93)95)105(78-53-45-72(46-54-78)99(7,8)9)79-55-47-73(48-56-79)100(10,11)12/h19-65H,1-18H3. The van der Waals surface area contributed by atoms with Crippen molar-refractivity contribution in [2.24, 2.45) is 0 Å². The largest absolute Gasteiger partial charge is 0.456 e. The van der Waals surface area contributed by atoms with E-state index in [1.165, 1.54) is 44.4 Å². The highest BCUT2D eigenvalue weighted by molar-refractivity contribution is 7.01. The fourth-order valence-corrected chi connectivity index (χ4v) is 16.4. The second-order valence-electron chi connectivity index (χ2n) is 36.3. The van der Waals surface area contributed by atoms with Crippen LogP contribution < -0.4 is 36.0 Å². The molecule has 1 aromatic heterocycles. The highest BCUT2D eigenvalue weighted by Gasteiger charge is 2.48. The van der Waals surface area contributed by atoms with E-state index in [0.717, 1.165) is 129 Å². The molecule has 0 atom stereocenters. The van der Waals surface area contributed by atoms with Crippen molar-refractivity contribution in [3.63, 3.8) is 0 Å². The number of hydrogen-bond donors (Lipinski definition) is 0. The molecule has 538 valence electrons. The van der Waals surface area contributed by atoms with Gasteiger partial charge in [0.25, 0.3) is 6.71 Å². The number of anilines is 12. The van der Waals surface area contributed by atoms with Crippen LogP contribution in [0.1, 0.15) is 158 Å². The van der Waals surface area contributed by atoms with Crippen molar-refractivity contribution in [3.8, 4) is 33.4 Å². The Labute approximate surface area is 642 Å². The van der Waals surface area contributed by atoms with E-state index in [0.29, 0.717) is 0 Å². The Balaban J connectivity index is 1.09. The van der Waals surface area contributed by atoms with E-state index in [1.807, 2.05) is 0 Å². The zero-order valence-corrected chi connectivity index (χ0v) is 66.4. The van der Waals surface area contributed by atoms with Crippen molar-refractivity contribution >= 4 is 113 Å². The summed E-state index contributed by atoms with van der Waals surface area (Å²) in [7, 11) is 0. The molecule has 0 radical (unpaired) electrons. The van der Waals surface area contributed by atoms with Crippen LogP contribution in [-0.2, 0) is 32.5 Å². The van der Waals surface area contributed by atoms with Crippen LogP contribution >= 0.6 is 0 Å². The summed E-state index contributed by atoms with van der Waals surface area (Å²) in [5.74, 6) is 0. The Hall–Kier alpha value is -11.1. The molecule has 13 aromatic carbocycles. The number of fused-ring (bicyclic) bond motifs is 8. The Morgan fingerprint density at radius 1 is 0.269 bits per heavy atom. The molecule has 2 aliphatic rings. The van der Waals surface area contributed by atoms with Gasteiger partial charge in [0.1, 0.15) is 11.2 Å². The predicted octanol–water partition coefficient (Wildman–Crippen LogP) is 27.4. The number of furan rings is 1. The summed E-state index contributed by atoms with van der Waals surface area (Å²) in [4.78, 5) is 10.3. The van der Waals surface area contributed by atoms with E-state index in [-0.39, 0.29) is 39.2 Å². The molecule has 2 aliphatic heterocycles. The van der Waals surface area contributed by atoms with Crippen LogP contribution in [0.3, 0.4) is 0 Å². The van der Waals surface area contributed by atoms with E-state index < -0.39 is 0 Å². The molecule has 3 heterocycles. The van der Waals surface area contributed by atoms with Crippen molar-refractivity contribution in [1.82, 2.24) is 0 Å². The monoisotopic (exact) mass is 1410 g/mol. The molecule has 0 spiro atoms. The summed E-state index contributed by atoms with van der Waals surface area (Å²) in [5.41, 5.74) is 31.8. The van der Waals surface area contributed by atoms with Gasteiger partial charge in [-0.25, -0.2) is 0 Å². The van der Waals surface area contributed by atoms with Crippen LogP contribution in [0.25, 0.3) is 55.3 Å². The summed E-state index contributed by atoms with van der Waals surface area (Å²) in [6.45, 7) is 41.4. The van der Waals surface area contributed by atoms with Gasteiger partial charge in [0.05, 0.1) is 22.4 Å². The summed E-state index contributed by atoms with van der Waals surface area (Å²) >= 11 is 0. The number of benzene rings is 13. The van der Waals surface area contributed by atoms with Crippen molar-refractivity contribution in [2.45, 2.75) is 157 Å². The molecule has 0 amide bonds. The van der Waals surface area contributed by atoms with Gasteiger partial charge in [0.2, 0.25) is 0 Å². The summed E-state index contributed by atoms with van der Waals surface area (Å²) < 4.78 is 7.91. The molecule has 6 heteroatoms. The molecule has 0 saturated carbocycles. The molecule has 0 N–H and O–H groups in total. The van der Waals surface area contributed by atoms with E-state index in [2.05, 4.69) is 429 Å². The normalized spacial score (nSPS) is 13.2. The fourth-order valence-electron chi connectivity index (χ4n) is 16.4. The van der Waals surface area contributed by atoms with Crippen LogP contribution in [0.2, 0.25) is 0 Å². The van der Waals surface area contributed by atoms with E-state index >= 15 is 0 Å². The average molecular weight is 1410 g/mol. The van der Waals surface area contributed by atoms with Gasteiger partial charge in [-0.2, -0.15) is 0 Å². The third kappa shape index (κ3) is 12.9. The quantitative estimate of drug-likeness (QED) is 0.120. The van der Waals surface area contributed by atoms with Crippen molar-refractivity contribution in [3.05, 3.63) is 318 Å². The zero-order chi connectivity index (χ0) is 75.7. The van der Waals surface area contributed by atoms with E-state index in [9.17, 15) is 0 Å². The van der Waals surface area contributed by atoms with Crippen molar-refractivity contribution in [1.29, 1.82) is 0 Å². The lowest BCUT2D eigenvalue weighted by molar-refractivity contribution is 0.569. The maximum absolute atomic E-state index is 7.91. The molecular formula is C102H101BN4O. The molecule has 0 aliphatic carbocycles. The number of para-hydroxylation sites is 3. The van der Waals surface area contributed by atoms with Gasteiger partial charge in [-0.1, -0.05) is 313 Å². The minimum Gasteiger partial charge on any atom is -0.456 e. The first-order valence-corrected chi connectivity index (χ1v) is 38.7. The fraction of sp³-hybridized carbons (Fsp3) is 0.235. The van der Waals surface area contributed by atoms with E-state index in [4.69, 9.17) is 4.42 Å². The first-order chi connectivity index (χ1) is 51.4. The van der Waals surface area contributed by atoms with Crippen molar-refractivity contribution < 1.29 is 4.42 Å². The predicted molar refractivity (Wildman–Crippen MR) is 466 cm³/mol. The molecular weight excluding hydrogens is 1310 g/mol. The summed E-state index contributed by atoms with van der Waals surface area (Å²) in [6, 6.07) is 109. The minimum atomic E-state index is -0.386. The lowest BCUT2D eigenvalue weighted by atomic mass is 9.33. The van der Waals surface area contributed by atoms with Crippen LogP contribution in [0.4, 0.5) is 68.2 Å². The molecule has 5 nitrogen and oxygen atoms in total. The molecule has 0 unspecified atom stereocenters. The van der Waals surface area contributed by atoms with Crippen LogP contribution in [0.5, 0.6) is 0 Å². The number of rotatable bonds is 11. The Kier molecular flexibility index (Phi) is 17.4. The highest BCUT2D eigenvalue weighted by Crippen LogP contribution is 2.55. The highest BCUT2D eigenvalue weighted by atomic mass is 16.3. The van der Waals surface area contributed by atoms with Crippen LogP contribution in [0, 0.1) is 0 Å². The zero-order valence-electron chi connectivity index (χ0n) is 66.4. The van der Waals surface area contributed by atoms with Gasteiger partial charge in [0, 0.05) is 67.7 Å². The van der Waals surface area contributed by atoms with Crippen LogP contribution in [-0.4, -0.2) is 6.71 Å². The SMILES string of the molecule is CC(C)(C)c1ccc(N(c2ccc(C(C)(C)C)cc2)c2ccc3c(c2)N(c2ccccc2-c2ccccc2)c2cc(-c4cc(C(C)(C)C)cc(C(C)(C)C)c4)cc4c2B3c2c(cc(N(c3ccc(C(C)(C)C)cc3)c3ccc(C(C)(C)C)cc3)c3c2oc2ccccc23)N4c2ccccc2-c2ccccc2)cc1. The Morgan fingerprint density at radius 2 is 0.630 bits per heavy atom. The second-order valence-corrected chi connectivity index (χ2v) is 36.3. The first-order valence-electron chi connectivity index (χ1n) is 38.7. The Bertz CT molecular complexity index is 5570. The lowest BCUT2D eigenvalue weighted by Gasteiger charge is -2.45. The third-order valence-electron chi connectivity index (χ3n) is 22.6. The van der Waals surface area contributed by atoms with Crippen LogP contribution in [0.15, 0.2) is 290 Å². The minimum absolute atomic E-state index is 0.0428. The molecule has 16 rings (SSSR count). The topological polar surface area (TPSA) is 26.1 Å². The van der Waals surface area contributed by atoms with Crippen molar-refractivity contribution in [2.75, 3.05) is 19.6 Å². The Morgan fingerprint density at radius 3 is 1.06 bits per heavy atom. The number of nitrogens with zero attached hydrogens (tertiary/aromatic N) is 4. The third-order valence-corrected chi connectivity index (χ3v) is 22.6. The lowest BCUT2D eigenvalue weighted by Crippen LogP contribution is -2.61. The van der Waals surface area contributed by atoms with E-state index in [1.54, 1.807) is 0 Å². The van der Waals surface area contributed by atoms with Gasteiger partial charge >= 0.3 is 0 Å². The average Bonchev–Trinajstić information content (AvgIpc) is 1.24. The molecule has 108 heavy (non-hydrogen) atoms. The van der Waals surface area contributed by atoms with Gasteiger partial charge in [0.15, 0.2) is 0 Å². The number of hydrogen-bond acceptors (Lipinski definition) is 5. The molecule has 0 saturated heterocycles. The maximum atomic E-state index is 7.91. The molecule has 14 aromatic rings. The maximum Gasteiger partial charge on any atom is 0.257 e. The van der Waals surface area contributed by atoms with Gasteiger partial charge < -0.3 is 24.0 Å². The molecule has 0 bridgehead atoms. The summed E-state index contributed by atoms with van der Waals surface area (Å²) in [5, 5.41) is 2.10. The van der Waals surface area contributed by atoms with Gasteiger partial charge in [-0.15, -0.1) is 0 Å². The summed E-state index contributed by atoms with van der Waals surface area (Å²) in [6.07, 6.45) is 0. The molecule has 0 fully saturated rings. The smallest absolute Gasteiger partial charge is 0.257 e.